The molecule has 0 bridgehead atoms. The molecule has 5 unspecified atom stereocenters. The number of carbonyl (C=O) groups excluding carboxylic acids is 1. The summed E-state index contributed by atoms with van der Waals surface area (Å²) in [4.78, 5) is 12.1. The third-order valence-corrected chi connectivity index (χ3v) is 4.31. The third kappa shape index (κ3) is 2.62. The molecule has 2 rings (SSSR count). The first-order chi connectivity index (χ1) is 8.74. The highest BCUT2D eigenvalue weighted by molar-refractivity contribution is 5.86. The van der Waals surface area contributed by atoms with E-state index in [1.807, 2.05) is 13.8 Å². The molecular weight excluding hydrogens is 244 g/mol. The van der Waals surface area contributed by atoms with Crippen molar-refractivity contribution >= 4 is 5.78 Å². The maximum Gasteiger partial charge on any atom is 0.166 e. The molecule has 0 radical (unpaired) electrons. The number of hydrogen-bond donors (Lipinski definition) is 2. The predicted octanol–water partition coefficient (Wildman–Crippen LogP) is 1.45. The predicted molar refractivity (Wildman–Crippen MR) is 71.6 cm³/mol. The summed E-state index contributed by atoms with van der Waals surface area (Å²) < 4.78 is 5.73. The van der Waals surface area contributed by atoms with Crippen molar-refractivity contribution in [3.05, 3.63) is 12.2 Å². The molecule has 4 heteroatoms. The summed E-state index contributed by atoms with van der Waals surface area (Å²) in [6.45, 7) is 9.58. The van der Waals surface area contributed by atoms with E-state index in [0.29, 0.717) is 19.3 Å². The first kappa shape index (κ1) is 14.7. The van der Waals surface area contributed by atoms with Crippen LogP contribution in [0.3, 0.4) is 0 Å². The Kier molecular flexibility index (Phi) is 3.87. The maximum absolute atomic E-state index is 12.1. The van der Waals surface area contributed by atoms with Gasteiger partial charge in [-0.2, -0.15) is 0 Å². The largest absolute Gasteiger partial charge is 0.387 e. The Labute approximate surface area is 114 Å². The van der Waals surface area contributed by atoms with Crippen LogP contribution in [0.2, 0.25) is 0 Å². The molecule has 2 aliphatic rings. The van der Waals surface area contributed by atoms with Crippen LogP contribution in [0.25, 0.3) is 0 Å². The molecule has 1 aliphatic heterocycles. The third-order valence-electron chi connectivity index (χ3n) is 4.31. The van der Waals surface area contributed by atoms with E-state index in [2.05, 4.69) is 6.58 Å². The highest BCUT2D eigenvalue weighted by Gasteiger charge is 2.53. The fraction of sp³-hybridized carbons (Fsp3) is 0.800. The number of rotatable bonds is 3. The van der Waals surface area contributed by atoms with Gasteiger partial charge in [0.1, 0.15) is 12.2 Å². The number of Topliss-reactive ketones (excluding diaryl/α,β-unsaturated/α-hetero) is 1. The molecule has 0 spiro atoms. The zero-order valence-electron chi connectivity index (χ0n) is 11.9. The minimum Gasteiger partial charge on any atom is -0.387 e. The Morgan fingerprint density at radius 2 is 2.21 bits per heavy atom. The Bertz CT molecular complexity index is 386. The van der Waals surface area contributed by atoms with E-state index < -0.39 is 23.9 Å². The van der Waals surface area contributed by atoms with Gasteiger partial charge in [0.05, 0.1) is 11.7 Å². The number of aliphatic hydroxyl groups is 2. The molecule has 1 aliphatic carbocycles. The molecule has 1 saturated heterocycles. The van der Waals surface area contributed by atoms with Crippen molar-refractivity contribution in [3.63, 3.8) is 0 Å². The van der Waals surface area contributed by atoms with Gasteiger partial charge in [-0.05, 0) is 31.3 Å². The molecule has 0 aromatic heterocycles. The molecule has 4 nitrogen and oxygen atoms in total. The van der Waals surface area contributed by atoms with Crippen molar-refractivity contribution in [1.29, 1.82) is 0 Å². The van der Waals surface area contributed by atoms with Crippen molar-refractivity contribution in [2.45, 2.75) is 63.9 Å². The molecule has 5 atom stereocenters. The average molecular weight is 268 g/mol. The standard InChI is InChI=1S/C15H24O4/c1-8(2)7-11(16)12-9(3)10-5-6-15(4,18)14(17)13(10)19-12/h8,10,12-14,17-18H,3,5-7H2,1-2,4H3. The van der Waals surface area contributed by atoms with Crippen LogP contribution < -0.4 is 0 Å². The second-order valence-corrected chi connectivity index (χ2v) is 6.57. The molecule has 0 aromatic rings. The number of fused-ring (bicyclic) bond motifs is 1. The zero-order chi connectivity index (χ0) is 14.4. The smallest absolute Gasteiger partial charge is 0.166 e. The van der Waals surface area contributed by atoms with Crippen LogP contribution in [0.5, 0.6) is 0 Å². The lowest BCUT2D eigenvalue weighted by atomic mass is 9.73. The molecule has 0 amide bonds. The first-order valence-corrected chi connectivity index (χ1v) is 7.01. The molecule has 2 N–H and O–H groups in total. The van der Waals surface area contributed by atoms with E-state index in [1.54, 1.807) is 6.92 Å². The van der Waals surface area contributed by atoms with Gasteiger partial charge in [0.25, 0.3) is 0 Å². The van der Waals surface area contributed by atoms with Crippen molar-refractivity contribution in [1.82, 2.24) is 0 Å². The normalized spacial score (nSPS) is 42.5. The molecule has 1 saturated carbocycles. The number of aliphatic hydroxyl groups excluding tert-OH is 1. The Morgan fingerprint density at radius 1 is 1.58 bits per heavy atom. The van der Waals surface area contributed by atoms with Crippen molar-refractivity contribution < 1.29 is 19.7 Å². The fourth-order valence-electron chi connectivity index (χ4n) is 3.13. The van der Waals surface area contributed by atoms with Crippen molar-refractivity contribution in [2.24, 2.45) is 11.8 Å². The summed E-state index contributed by atoms with van der Waals surface area (Å²) in [7, 11) is 0. The van der Waals surface area contributed by atoms with E-state index in [9.17, 15) is 15.0 Å². The second kappa shape index (κ2) is 5.00. The van der Waals surface area contributed by atoms with Gasteiger partial charge >= 0.3 is 0 Å². The van der Waals surface area contributed by atoms with E-state index in [0.717, 1.165) is 5.57 Å². The van der Waals surface area contributed by atoms with Gasteiger partial charge < -0.3 is 14.9 Å². The number of carbonyl (C=O) groups is 1. The lowest BCUT2D eigenvalue weighted by Crippen LogP contribution is -2.53. The second-order valence-electron chi connectivity index (χ2n) is 6.57. The lowest BCUT2D eigenvalue weighted by Gasteiger charge is -2.40. The first-order valence-electron chi connectivity index (χ1n) is 7.01. The Morgan fingerprint density at radius 3 is 2.79 bits per heavy atom. The molecule has 2 fully saturated rings. The van der Waals surface area contributed by atoms with E-state index in [-0.39, 0.29) is 17.6 Å². The van der Waals surface area contributed by atoms with E-state index >= 15 is 0 Å². The molecule has 0 aromatic carbocycles. The van der Waals surface area contributed by atoms with Gasteiger partial charge in [0.15, 0.2) is 5.78 Å². The van der Waals surface area contributed by atoms with Gasteiger partial charge in [-0.3, -0.25) is 4.79 Å². The van der Waals surface area contributed by atoms with Crippen LogP contribution in [-0.4, -0.2) is 39.9 Å². The van der Waals surface area contributed by atoms with Crippen LogP contribution in [0.1, 0.15) is 40.0 Å². The summed E-state index contributed by atoms with van der Waals surface area (Å²) in [5, 5.41) is 20.3. The average Bonchev–Trinajstić information content (AvgIpc) is 2.61. The van der Waals surface area contributed by atoms with Crippen LogP contribution in [-0.2, 0) is 9.53 Å². The van der Waals surface area contributed by atoms with Gasteiger partial charge in [-0.1, -0.05) is 20.4 Å². The molecular formula is C15H24O4. The van der Waals surface area contributed by atoms with Crippen molar-refractivity contribution in [3.8, 4) is 0 Å². The van der Waals surface area contributed by atoms with Gasteiger partial charge in [-0.25, -0.2) is 0 Å². The summed E-state index contributed by atoms with van der Waals surface area (Å²) in [5.74, 6) is 0.289. The van der Waals surface area contributed by atoms with Gasteiger partial charge in [-0.15, -0.1) is 0 Å². The monoisotopic (exact) mass is 268 g/mol. The SMILES string of the molecule is C=C1C(C(=O)CC(C)C)OC2C1CCC(C)(O)C2O. The van der Waals surface area contributed by atoms with Crippen LogP contribution in [0.4, 0.5) is 0 Å². The fourth-order valence-corrected chi connectivity index (χ4v) is 3.13. The number of ether oxygens (including phenoxy) is 1. The number of hydrogen-bond acceptors (Lipinski definition) is 4. The minimum absolute atomic E-state index is 0.0173. The summed E-state index contributed by atoms with van der Waals surface area (Å²) in [6, 6.07) is 0. The van der Waals surface area contributed by atoms with Gasteiger partial charge in [0.2, 0.25) is 0 Å². The van der Waals surface area contributed by atoms with Crippen LogP contribution in [0.15, 0.2) is 12.2 Å². The summed E-state index contributed by atoms with van der Waals surface area (Å²) in [6.07, 6.45) is -0.407. The number of ketones is 1. The highest BCUT2D eigenvalue weighted by atomic mass is 16.5. The Balaban J connectivity index is 2.13. The van der Waals surface area contributed by atoms with Gasteiger partial charge in [0, 0.05) is 12.3 Å². The van der Waals surface area contributed by atoms with Crippen LogP contribution in [0, 0.1) is 11.8 Å². The maximum atomic E-state index is 12.1. The summed E-state index contributed by atoms with van der Waals surface area (Å²) >= 11 is 0. The van der Waals surface area contributed by atoms with Crippen molar-refractivity contribution in [2.75, 3.05) is 0 Å². The topological polar surface area (TPSA) is 66.8 Å². The summed E-state index contributed by atoms with van der Waals surface area (Å²) in [5.41, 5.74) is -0.373. The minimum atomic E-state index is -1.14. The zero-order valence-corrected chi connectivity index (χ0v) is 11.9. The molecule has 1 heterocycles. The quantitative estimate of drug-likeness (QED) is 0.760. The van der Waals surface area contributed by atoms with E-state index in [1.165, 1.54) is 0 Å². The Hall–Kier alpha value is -0.710. The highest BCUT2D eigenvalue weighted by Crippen LogP contribution is 2.44. The van der Waals surface area contributed by atoms with Crippen LogP contribution >= 0.6 is 0 Å². The molecule has 19 heavy (non-hydrogen) atoms. The lowest BCUT2D eigenvalue weighted by molar-refractivity contribution is -0.166. The molecule has 108 valence electrons. The van der Waals surface area contributed by atoms with E-state index in [4.69, 9.17) is 4.74 Å².